The average molecular weight is 198 g/mol. The smallest absolute Gasteiger partial charge is 0.121 e. The predicted molar refractivity (Wildman–Crippen MR) is 52.7 cm³/mol. The molecular weight excluding hydrogens is 184 g/mol. The van der Waals surface area contributed by atoms with E-state index in [-0.39, 0.29) is 6.10 Å². The molecule has 2 heterocycles. The molecule has 1 aliphatic rings. The number of aromatic nitrogens is 1. The molecule has 0 saturated carbocycles. The van der Waals surface area contributed by atoms with Crippen molar-refractivity contribution < 1.29 is 5.11 Å². The summed E-state index contributed by atoms with van der Waals surface area (Å²) in [6.45, 7) is 2.00. The Hall–Kier alpha value is -0.450. The molecule has 13 heavy (non-hydrogen) atoms. The fourth-order valence-electron chi connectivity index (χ4n) is 1.73. The Balaban J connectivity index is 1.99. The molecule has 2 atom stereocenters. The minimum atomic E-state index is -0.368. The van der Waals surface area contributed by atoms with Crippen LogP contribution in [0.5, 0.6) is 0 Å². The second kappa shape index (κ2) is 4.17. The number of hydrogen-bond acceptors (Lipinski definition) is 4. The second-order valence-corrected chi connectivity index (χ2v) is 4.35. The van der Waals surface area contributed by atoms with E-state index in [0.29, 0.717) is 5.92 Å². The zero-order valence-corrected chi connectivity index (χ0v) is 8.26. The van der Waals surface area contributed by atoms with Gasteiger partial charge in [-0.3, -0.25) is 0 Å². The minimum absolute atomic E-state index is 0.347. The molecule has 0 radical (unpaired) electrons. The molecule has 0 unspecified atom stereocenters. The Morgan fingerprint density at radius 1 is 1.69 bits per heavy atom. The Kier molecular flexibility index (Phi) is 2.93. The molecule has 1 aliphatic heterocycles. The molecular formula is C9H14N2OS. The third kappa shape index (κ3) is 2.07. The SMILES string of the molecule is O[C@@H](c1nccs1)[C@@H]1CCCNC1. The van der Waals surface area contributed by atoms with Crippen molar-refractivity contribution in [1.29, 1.82) is 0 Å². The molecule has 72 valence electrons. The lowest BCUT2D eigenvalue weighted by Crippen LogP contribution is -2.33. The van der Waals surface area contributed by atoms with E-state index in [1.165, 1.54) is 11.3 Å². The van der Waals surface area contributed by atoms with Crippen LogP contribution >= 0.6 is 11.3 Å². The number of piperidine rings is 1. The number of thiazole rings is 1. The van der Waals surface area contributed by atoms with E-state index in [4.69, 9.17) is 0 Å². The topological polar surface area (TPSA) is 45.2 Å². The van der Waals surface area contributed by atoms with Crippen LogP contribution in [0.25, 0.3) is 0 Å². The maximum Gasteiger partial charge on any atom is 0.121 e. The zero-order valence-electron chi connectivity index (χ0n) is 7.44. The number of aliphatic hydroxyl groups is 1. The van der Waals surface area contributed by atoms with Crippen LogP contribution in [0.1, 0.15) is 24.0 Å². The summed E-state index contributed by atoms with van der Waals surface area (Å²) < 4.78 is 0. The number of aliphatic hydroxyl groups excluding tert-OH is 1. The second-order valence-electron chi connectivity index (χ2n) is 3.42. The van der Waals surface area contributed by atoms with Crippen molar-refractivity contribution in [1.82, 2.24) is 10.3 Å². The summed E-state index contributed by atoms with van der Waals surface area (Å²) in [6.07, 6.45) is 3.65. The minimum Gasteiger partial charge on any atom is -0.386 e. The molecule has 2 N–H and O–H groups in total. The van der Waals surface area contributed by atoms with Gasteiger partial charge in [0, 0.05) is 24.0 Å². The Morgan fingerprint density at radius 2 is 2.62 bits per heavy atom. The van der Waals surface area contributed by atoms with Crippen molar-refractivity contribution in [2.45, 2.75) is 18.9 Å². The van der Waals surface area contributed by atoms with Crippen molar-refractivity contribution in [3.05, 3.63) is 16.6 Å². The van der Waals surface area contributed by atoms with Crippen LogP contribution < -0.4 is 5.32 Å². The van der Waals surface area contributed by atoms with Crippen LogP contribution in [0, 0.1) is 5.92 Å². The lowest BCUT2D eigenvalue weighted by molar-refractivity contribution is 0.0919. The Morgan fingerprint density at radius 3 is 3.23 bits per heavy atom. The average Bonchev–Trinajstić information content (AvgIpc) is 2.71. The summed E-state index contributed by atoms with van der Waals surface area (Å²) in [5, 5.41) is 16.0. The number of nitrogens with one attached hydrogen (secondary N) is 1. The van der Waals surface area contributed by atoms with Crippen LogP contribution in [0.2, 0.25) is 0 Å². The molecule has 0 bridgehead atoms. The van der Waals surface area contributed by atoms with Gasteiger partial charge in [0.05, 0.1) is 0 Å². The van der Waals surface area contributed by atoms with E-state index in [9.17, 15) is 5.11 Å². The molecule has 0 amide bonds. The quantitative estimate of drug-likeness (QED) is 0.750. The van der Waals surface area contributed by atoms with Crippen molar-refractivity contribution in [3.63, 3.8) is 0 Å². The number of rotatable bonds is 2. The van der Waals surface area contributed by atoms with Crippen LogP contribution in [0.4, 0.5) is 0 Å². The van der Waals surface area contributed by atoms with Crippen LogP contribution in [-0.4, -0.2) is 23.2 Å². The summed E-state index contributed by atoms with van der Waals surface area (Å²) in [5.74, 6) is 0.347. The highest BCUT2D eigenvalue weighted by atomic mass is 32.1. The van der Waals surface area contributed by atoms with Gasteiger partial charge in [0.15, 0.2) is 0 Å². The van der Waals surface area contributed by atoms with Gasteiger partial charge in [-0.25, -0.2) is 4.98 Å². The maximum atomic E-state index is 9.94. The summed E-state index contributed by atoms with van der Waals surface area (Å²) >= 11 is 1.54. The van der Waals surface area contributed by atoms with Crippen LogP contribution in [0.15, 0.2) is 11.6 Å². The molecule has 1 fully saturated rings. The highest BCUT2D eigenvalue weighted by molar-refractivity contribution is 7.09. The monoisotopic (exact) mass is 198 g/mol. The third-order valence-corrected chi connectivity index (χ3v) is 3.33. The van der Waals surface area contributed by atoms with Crippen molar-refractivity contribution in [2.75, 3.05) is 13.1 Å². The molecule has 0 aliphatic carbocycles. The summed E-state index contributed by atoms with van der Waals surface area (Å²) in [5.41, 5.74) is 0. The number of hydrogen-bond donors (Lipinski definition) is 2. The standard InChI is InChI=1S/C9H14N2OS/c12-8(9-11-4-5-13-9)7-2-1-3-10-6-7/h4-5,7-8,10,12H,1-3,6H2/t7-,8-/m1/s1. The first kappa shape index (κ1) is 9.12. The molecule has 4 heteroatoms. The molecule has 2 rings (SSSR count). The van der Waals surface area contributed by atoms with Gasteiger partial charge >= 0.3 is 0 Å². The van der Waals surface area contributed by atoms with Gasteiger partial charge in [-0.05, 0) is 19.4 Å². The molecule has 1 aromatic rings. The van der Waals surface area contributed by atoms with Crippen LogP contribution in [-0.2, 0) is 0 Å². The Labute approximate surface area is 81.8 Å². The lowest BCUT2D eigenvalue weighted by Gasteiger charge is -2.25. The van der Waals surface area contributed by atoms with Crippen LogP contribution in [0.3, 0.4) is 0 Å². The molecule has 0 spiro atoms. The van der Waals surface area contributed by atoms with Crippen molar-refractivity contribution in [2.24, 2.45) is 5.92 Å². The first-order valence-electron chi connectivity index (χ1n) is 4.66. The fraction of sp³-hybridized carbons (Fsp3) is 0.667. The summed E-state index contributed by atoms with van der Waals surface area (Å²) in [6, 6.07) is 0. The highest BCUT2D eigenvalue weighted by Crippen LogP contribution is 2.27. The predicted octanol–water partition coefficient (Wildman–Crippen LogP) is 1.18. The third-order valence-electron chi connectivity index (χ3n) is 2.49. The normalized spacial score (nSPS) is 25.8. The fourth-order valence-corrected chi connectivity index (χ4v) is 2.45. The summed E-state index contributed by atoms with van der Waals surface area (Å²) in [4.78, 5) is 4.13. The molecule has 0 aromatic carbocycles. The van der Waals surface area contributed by atoms with Gasteiger partial charge in [0.1, 0.15) is 11.1 Å². The molecule has 1 aromatic heterocycles. The van der Waals surface area contributed by atoms with Gasteiger partial charge in [-0.1, -0.05) is 0 Å². The van der Waals surface area contributed by atoms with E-state index in [2.05, 4.69) is 10.3 Å². The van der Waals surface area contributed by atoms with Gasteiger partial charge in [0.25, 0.3) is 0 Å². The number of nitrogens with zero attached hydrogens (tertiary/aromatic N) is 1. The largest absolute Gasteiger partial charge is 0.386 e. The van der Waals surface area contributed by atoms with Gasteiger partial charge in [-0.15, -0.1) is 11.3 Å². The van der Waals surface area contributed by atoms with E-state index in [0.717, 1.165) is 30.9 Å². The van der Waals surface area contributed by atoms with E-state index >= 15 is 0 Å². The molecule has 1 saturated heterocycles. The zero-order chi connectivity index (χ0) is 9.10. The van der Waals surface area contributed by atoms with Crippen molar-refractivity contribution >= 4 is 11.3 Å². The Bertz CT molecular complexity index is 244. The van der Waals surface area contributed by atoms with Gasteiger partial charge in [0.2, 0.25) is 0 Å². The first-order valence-corrected chi connectivity index (χ1v) is 5.54. The van der Waals surface area contributed by atoms with Crippen molar-refractivity contribution in [3.8, 4) is 0 Å². The molecule has 3 nitrogen and oxygen atoms in total. The van der Waals surface area contributed by atoms with E-state index in [1.807, 2.05) is 5.38 Å². The van der Waals surface area contributed by atoms with E-state index in [1.54, 1.807) is 6.20 Å². The first-order chi connectivity index (χ1) is 6.38. The maximum absolute atomic E-state index is 9.94. The van der Waals surface area contributed by atoms with Gasteiger partial charge in [-0.2, -0.15) is 0 Å². The van der Waals surface area contributed by atoms with Gasteiger partial charge < -0.3 is 10.4 Å². The lowest BCUT2D eigenvalue weighted by atomic mass is 9.94. The summed E-state index contributed by atoms with van der Waals surface area (Å²) in [7, 11) is 0. The highest BCUT2D eigenvalue weighted by Gasteiger charge is 2.24. The van der Waals surface area contributed by atoms with E-state index < -0.39 is 0 Å².